The van der Waals surface area contributed by atoms with Gasteiger partial charge in [-0.25, -0.2) is 0 Å². The number of hydrogen-bond donors (Lipinski definition) is 3. The summed E-state index contributed by atoms with van der Waals surface area (Å²) in [6.07, 6.45) is 0.927. The summed E-state index contributed by atoms with van der Waals surface area (Å²) in [4.78, 5) is 10.9. The minimum Gasteiger partial charge on any atom is -0.395 e. The predicted molar refractivity (Wildman–Crippen MR) is 70.3 cm³/mol. The van der Waals surface area contributed by atoms with Gasteiger partial charge in [-0.15, -0.1) is 12.4 Å². The van der Waals surface area contributed by atoms with Crippen molar-refractivity contribution in [1.82, 2.24) is 5.32 Å². The van der Waals surface area contributed by atoms with E-state index in [9.17, 15) is 4.79 Å². The Morgan fingerprint density at radius 2 is 2.00 bits per heavy atom. The molecule has 4 nitrogen and oxygen atoms in total. The van der Waals surface area contributed by atoms with Gasteiger partial charge >= 0.3 is 0 Å². The average molecular weight is 259 g/mol. The number of hydrogen-bond acceptors (Lipinski definition) is 3. The Morgan fingerprint density at radius 3 is 2.41 bits per heavy atom. The van der Waals surface area contributed by atoms with Gasteiger partial charge in [0.2, 0.25) is 5.91 Å². The van der Waals surface area contributed by atoms with Crippen LogP contribution in [0, 0.1) is 0 Å². The Hall–Kier alpha value is -1.10. The first-order valence-corrected chi connectivity index (χ1v) is 5.43. The lowest BCUT2D eigenvalue weighted by Gasteiger charge is -2.16. The SMILES string of the molecule is CCC(NCCO)c1ccc(C(N)=O)cc1.Cl. The highest BCUT2D eigenvalue weighted by Crippen LogP contribution is 2.16. The second-order valence-corrected chi connectivity index (χ2v) is 3.62. The molecule has 4 N–H and O–H groups in total. The molecule has 1 rings (SSSR count). The second-order valence-electron chi connectivity index (χ2n) is 3.62. The van der Waals surface area contributed by atoms with E-state index in [4.69, 9.17) is 10.8 Å². The molecule has 17 heavy (non-hydrogen) atoms. The highest BCUT2D eigenvalue weighted by atomic mass is 35.5. The first-order chi connectivity index (χ1) is 7.69. The third-order valence-corrected chi connectivity index (χ3v) is 2.51. The van der Waals surface area contributed by atoms with Gasteiger partial charge in [-0.2, -0.15) is 0 Å². The number of primary amides is 1. The molecule has 5 heteroatoms. The zero-order valence-electron chi connectivity index (χ0n) is 9.85. The van der Waals surface area contributed by atoms with E-state index in [1.807, 2.05) is 12.1 Å². The van der Waals surface area contributed by atoms with Crippen LogP contribution >= 0.6 is 12.4 Å². The van der Waals surface area contributed by atoms with Crippen molar-refractivity contribution < 1.29 is 9.90 Å². The van der Waals surface area contributed by atoms with Crippen molar-refractivity contribution in [2.24, 2.45) is 5.73 Å². The highest BCUT2D eigenvalue weighted by Gasteiger charge is 2.08. The summed E-state index contributed by atoms with van der Waals surface area (Å²) >= 11 is 0. The first kappa shape index (κ1) is 15.9. The molecule has 0 aliphatic carbocycles. The summed E-state index contributed by atoms with van der Waals surface area (Å²) in [7, 11) is 0. The fraction of sp³-hybridized carbons (Fsp3) is 0.417. The second kappa shape index (κ2) is 8.06. The van der Waals surface area contributed by atoms with Gasteiger partial charge in [0.15, 0.2) is 0 Å². The molecule has 0 heterocycles. The van der Waals surface area contributed by atoms with Crippen LogP contribution in [0.3, 0.4) is 0 Å². The smallest absolute Gasteiger partial charge is 0.248 e. The number of nitrogens with two attached hydrogens (primary N) is 1. The minimum atomic E-state index is -0.414. The van der Waals surface area contributed by atoms with E-state index in [0.29, 0.717) is 12.1 Å². The van der Waals surface area contributed by atoms with E-state index in [0.717, 1.165) is 12.0 Å². The number of carbonyl (C=O) groups excluding carboxylic acids is 1. The van der Waals surface area contributed by atoms with Gasteiger partial charge in [-0.3, -0.25) is 4.79 Å². The van der Waals surface area contributed by atoms with Crippen LogP contribution in [0.25, 0.3) is 0 Å². The number of benzene rings is 1. The maximum atomic E-state index is 10.9. The molecule has 0 saturated carbocycles. The van der Waals surface area contributed by atoms with Crippen LogP contribution in [-0.2, 0) is 0 Å². The molecule has 0 aliphatic heterocycles. The Bertz CT molecular complexity index is 341. The largest absolute Gasteiger partial charge is 0.395 e. The van der Waals surface area contributed by atoms with Crippen molar-refractivity contribution >= 4 is 18.3 Å². The van der Waals surface area contributed by atoms with E-state index in [-0.39, 0.29) is 25.1 Å². The number of nitrogens with one attached hydrogen (secondary N) is 1. The van der Waals surface area contributed by atoms with E-state index < -0.39 is 5.91 Å². The summed E-state index contributed by atoms with van der Waals surface area (Å²) in [6, 6.07) is 7.42. The number of halogens is 1. The number of amides is 1. The summed E-state index contributed by atoms with van der Waals surface area (Å²) < 4.78 is 0. The summed E-state index contributed by atoms with van der Waals surface area (Å²) in [6.45, 7) is 2.75. The van der Waals surface area contributed by atoms with E-state index in [2.05, 4.69) is 12.2 Å². The summed E-state index contributed by atoms with van der Waals surface area (Å²) in [5, 5.41) is 12.0. The molecule has 1 amide bonds. The van der Waals surface area contributed by atoms with E-state index in [1.165, 1.54) is 0 Å². The standard InChI is InChI=1S/C12H18N2O2.ClH/c1-2-11(14-7-8-15)9-3-5-10(6-4-9)12(13)16;/h3-6,11,14-15H,2,7-8H2,1H3,(H2,13,16);1H. The molecule has 1 unspecified atom stereocenters. The molecule has 0 spiro atoms. The fourth-order valence-electron chi connectivity index (χ4n) is 1.62. The van der Waals surface area contributed by atoms with Crippen molar-refractivity contribution in [2.75, 3.05) is 13.2 Å². The van der Waals surface area contributed by atoms with Crippen LogP contribution in [0.5, 0.6) is 0 Å². The lowest BCUT2D eigenvalue weighted by atomic mass is 10.0. The van der Waals surface area contributed by atoms with Crippen molar-refractivity contribution in [3.8, 4) is 0 Å². The van der Waals surface area contributed by atoms with Crippen LogP contribution in [0.15, 0.2) is 24.3 Å². The lowest BCUT2D eigenvalue weighted by molar-refractivity contribution is 0.100. The molecule has 0 bridgehead atoms. The molecule has 0 fully saturated rings. The van der Waals surface area contributed by atoms with Crippen molar-refractivity contribution in [3.63, 3.8) is 0 Å². The molecule has 1 aromatic rings. The quantitative estimate of drug-likeness (QED) is 0.719. The van der Waals surface area contributed by atoms with Gasteiger partial charge in [0.05, 0.1) is 6.61 Å². The summed E-state index contributed by atoms with van der Waals surface area (Å²) in [5.41, 5.74) is 6.78. The molecule has 0 aromatic heterocycles. The maximum absolute atomic E-state index is 10.9. The maximum Gasteiger partial charge on any atom is 0.248 e. The molecular formula is C12H19ClN2O2. The number of rotatable bonds is 6. The van der Waals surface area contributed by atoms with Crippen molar-refractivity contribution in [2.45, 2.75) is 19.4 Å². The molecule has 0 radical (unpaired) electrons. The predicted octanol–water partition coefficient (Wildman–Crippen LogP) is 1.24. The summed E-state index contributed by atoms with van der Waals surface area (Å²) in [5.74, 6) is -0.414. The fourth-order valence-corrected chi connectivity index (χ4v) is 1.62. The van der Waals surface area contributed by atoms with Gasteiger partial charge in [0, 0.05) is 18.2 Å². The molecule has 1 aromatic carbocycles. The van der Waals surface area contributed by atoms with E-state index >= 15 is 0 Å². The minimum absolute atomic E-state index is 0. The van der Waals surface area contributed by atoms with Crippen LogP contribution in [0.4, 0.5) is 0 Å². The van der Waals surface area contributed by atoms with Crippen LogP contribution in [0.1, 0.15) is 35.3 Å². The lowest BCUT2D eigenvalue weighted by Crippen LogP contribution is -2.24. The Balaban J connectivity index is 0.00000256. The number of aliphatic hydroxyl groups is 1. The van der Waals surface area contributed by atoms with Crippen LogP contribution in [0.2, 0.25) is 0 Å². The van der Waals surface area contributed by atoms with Gasteiger partial charge < -0.3 is 16.2 Å². The Kier molecular flexibility index (Phi) is 7.54. The van der Waals surface area contributed by atoms with Crippen LogP contribution in [-0.4, -0.2) is 24.2 Å². The van der Waals surface area contributed by atoms with Gasteiger partial charge in [0.1, 0.15) is 0 Å². The average Bonchev–Trinajstić information content (AvgIpc) is 2.30. The molecule has 0 aliphatic rings. The third-order valence-electron chi connectivity index (χ3n) is 2.51. The number of aliphatic hydroxyl groups excluding tert-OH is 1. The highest BCUT2D eigenvalue weighted by molar-refractivity contribution is 5.92. The zero-order chi connectivity index (χ0) is 12.0. The van der Waals surface area contributed by atoms with Crippen LogP contribution < -0.4 is 11.1 Å². The molecule has 0 saturated heterocycles. The zero-order valence-corrected chi connectivity index (χ0v) is 10.7. The molecule has 1 atom stereocenters. The molecule has 96 valence electrons. The third kappa shape index (κ3) is 4.73. The van der Waals surface area contributed by atoms with Gasteiger partial charge in [0.25, 0.3) is 0 Å². The first-order valence-electron chi connectivity index (χ1n) is 5.43. The number of carbonyl (C=O) groups is 1. The van der Waals surface area contributed by atoms with Gasteiger partial charge in [-0.05, 0) is 24.1 Å². The monoisotopic (exact) mass is 258 g/mol. The van der Waals surface area contributed by atoms with E-state index in [1.54, 1.807) is 12.1 Å². The Morgan fingerprint density at radius 1 is 1.41 bits per heavy atom. The topological polar surface area (TPSA) is 75.3 Å². The molecular weight excluding hydrogens is 240 g/mol. The normalized spacial score (nSPS) is 11.6. The Labute approximate surface area is 108 Å². The van der Waals surface area contributed by atoms with Crippen molar-refractivity contribution in [1.29, 1.82) is 0 Å². The van der Waals surface area contributed by atoms with Gasteiger partial charge in [-0.1, -0.05) is 19.1 Å². The van der Waals surface area contributed by atoms with Crippen molar-refractivity contribution in [3.05, 3.63) is 35.4 Å².